The van der Waals surface area contributed by atoms with E-state index in [0.717, 1.165) is 6.42 Å². The smallest absolute Gasteiger partial charge is 0.270 e. The SMILES string of the molecule is CCc1ccsc1CNC(=O)c1cccc(N)n1. The van der Waals surface area contributed by atoms with Gasteiger partial charge in [0, 0.05) is 4.88 Å². The van der Waals surface area contributed by atoms with E-state index < -0.39 is 0 Å². The molecule has 0 aromatic carbocycles. The normalized spacial score (nSPS) is 10.3. The Hall–Kier alpha value is -1.88. The van der Waals surface area contributed by atoms with Crippen molar-refractivity contribution in [1.82, 2.24) is 10.3 Å². The lowest BCUT2D eigenvalue weighted by atomic mass is 10.2. The average molecular weight is 261 g/mol. The van der Waals surface area contributed by atoms with Gasteiger partial charge in [0.2, 0.25) is 0 Å². The molecule has 0 aliphatic carbocycles. The van der Waals surface area contributed by atoms with E-state index in [9.17, 15) is 4.79 Å². The Morgan fingerprint density at radius 3 is 3.00 bits per heavy atom. The van der Waals surface area contributed by atoms with Gasteiger partial charge in [-0.3, -0.25) is 4.79 Å². The fourth-order valence-corrected chi connectivity index (χ4v) is 2.58. The highest BCUT2D eigenvalue weighted by molar-refractivity contribution is 7.10. The van der Waals surface area contributed by atoms with Crippen LogP contribution in [0.4, 0.5) is 5.82 Å². The van der Waals surface area contributed by atoms with E-state index in [1.54, 1.807) is 29.5 Å². The molecule has 1 amide bonds. The zero-order valence-corrected chi connectivity index (χ0v) is 11.0. The molecule has 0 spiro atoms. The molecular formula is C13H15N3OS. The predicted molar refractivity (Wildman–Crippen MR) is 73.5 cm³/mol. The Morgan fingerprint density at radius 2 is 2.28 bits per heavy atom. The van der Waals surface area contributed by atoms with Crippen molar-refractivity contribution in [2.45, 2.75) is 19.9 Å². The molecule has 0 fully saturated rings. The number of anilines is 1. The Kier molecular flexibility index (Phi) is 3.94. The molecule has 2 heterocycles. The highest BCUT2D eigenvalue weighted by Crippen LogP contribution is 2.17. The summed E-state index contributed by atoms with van der Waals surface area (Å²) in [4.78, 5) is 17.0. The Morgan fingerprint density at radius 1 is 1.44 bits per heavy atom. The van der Waals surface area contributed by atoms with Gasteiger partial charge >= 0.3 is 0 Å². The van der Waals surface area contributed by atoms with Crippen molar-refractivity contribution in [2.24, 2.45) is 0 Å². The van der Waals surface area contributed by atoms with E-state index in [1.165, 1.54) is 10.4 Å². The van der Waals surface area contributed by atoms with E-state index in [1.807, 2.05) is 5.38 Å². The molecule has 2 aromatic rings. The first-order chi connectivity index (χ1) is 8.70. The van der Waals surface area contributed by atoms with Crippen LogP contribution in [0, 0.1) is 0 Å². The molecular weight excluding hydrogens is 246 g/mol. The summed E-state index contributed by atoms with van der Waals surface area (Å²) >= 11 is 1.65. The molecule has 0 aliphatic rings. The summed E-state index contributed by atoms with van der Waals surface area (Å²) in [5, 5.41) is 4.90. The number of nitrogens with two attached hydrogens (primary N) is 1. The highest BCUT2D eigenvalue weighted by Gasteiger charge is 2.08. The first kappa shape index (κ1) is 12.6. The van der Waals surface area contributed by atoms with Gasteiger partial charge in [0.05, 0.1) is 6.54 Å². The molecule has 2 rings (SSSR count). The van der Waals surface area contributed by atoms with Gasteiger partial charge in [-0.25, -0.2) is 4.98 Å². The van der Waals surface area contributed by atoms with Crippen molar-refractivity contribution < 1.29 is 4.79 Å². The third-order valence-corrected chi connectivity index (χ3v) is 3.59. The first-order valence-electron chi connectivity index (χ1n) is 5.76. The van der Waals surface area contributed by atoms with E-state index in [4.69, 9.17) is 5.73 Å². The van der Waals surface area contributed by atoms with Gasteiger partial charge in [-0.05, 0) is 35.6 Å². The lowest BCUT2D eigenvalue weighted by Gasteiger charge is -2.05. The number of nitrogens with zero attached hydrogens (tertiary/aromatic N) is 1. The van der Waals surface area contributed by atoms with Gasteiger partial charge in [0.15, 0.2) is 0 Å². The van der Waals surface area contributed by atoms with Crippen LogP contribution in [0.2, 0.25) is 0 Å². The molecule has 3 N–H and O–H groups in total. The summed E-state index contributed by atoms with van der Waals surface area (Å²) in [5.74, 6) is 0.158. The van der Waals surface area contributed by atoms with Crippen molar-refractivity contribution in [3.63, 3.8) is 0 Å². The number of thiophene rings is 1. The highest BCUT2D eigenvalue weighted by atomic mass is 32.1. The molecule has 0 saturated heterocycles. The summed E-state index contributed by atoms with van der Waals surface area (Å²) in [7, 11) is 0. The van der Waals surface area contributed by atoms with Crippen LogP contribution in [0.5, 0.6) is 0 Å². The van der Waals surface area contributed by atoms with Crippen LogP contribution in [0.1, 0.15) is 27.9 Å². The third kappa shape index (κ3) is 2.87. The van der Waals surface area contributed by atoms with Crippen LogP contribution in [-0.4, -0.2) is 10.9 Å². The molecule has 94 valence electrons. The van der Waals surface area contributed by atoms with Gasteiger partial charge in [-0.2, -0.15) is 0 Å². The number of rotatable bonds is 4. The third-order valence-electron chi connectivity index (χ3n) is 2.63. The van der Waals surface area contributed by atoms with Crippen molar-refractivity contribution >= 4 is 23.1 Å². The number of hydrogen-bond donors (Lipinski definition) is 2. The molecule has 4 nitrogen and oxygen atoms in total. The second kappa shape index (κ2) is 5.64. The predicted octanol–water partition coefficient (Wildman–Crippen LogP) is 2.22. The van der Waals surface area contributed by atoms with Gasteiger partial charge < -0.3 is 11.1 Å². The van der Waals surface area contributed by atoms with Crippen LogP contribution in [0.25, 0.3) is 0 Å². The van der Waals surface area contributed by atoms with Gasteiger partial charge in [0.1, 0.15) is 11.5 Å². The van der Waals surface area contributed by atoms with E-state index >= 15 is 0 Å². The number of pyridine rings is 1. The summed E-state index contributed by atoms with van der Waals surface area (Å²) < 4.78 is 0. The zero-order chi connectivity index (χ0) is 13.0. The largest absolute Gasteiger partial charge is 0.384 e. The standard InChI is InChI=1S/C13H15N3OS/c1-2-9-6-7-18-11(9)8-15-13(17)10-4-3-5-12(14)16-10/h3-7H,2,8H2,1H3,(H2,14,16)(H,15,17). The topological polar surface area (TPSA) is 68.0 Å². The Bertz CT molecular complexity index is 551. The maximum atomic E-state index is 11.9. The minimum Gasteiger partial charge on any atom is -0.384 e. The van der Waals surface area contributed by atoms with E-state index in [-0.39, 0.29) is 5.91 Å². The number of aryl methyl sites for hydroxylation is 1. The monoisotopic (exact) mass is 261 g/mol. The van der Waals surface area contributed by atoms with Crippen molar-refractivity contribution in [1.29, 1.82) is 0 Å². The Labute approximate surface area is 110 Å². The van der Waals surface area contributed by atoms with Crippen molar-refractivity contribution in [3.05, 3.63) is 45.8 Å². The number of aromatic nitrogens is 1. The number of carbonyl (C=O) groups is 1. The van der Waals surface area contributed by atoms with Crippen molar-refractivity contribution in [3.8, 4) is 0 Å². The molecule has 0 aliphatic heterocycles. The number of nitrogens with one attached hydrogen (secondary N) is 1. The van der Waals surface area contributed by atoms with Crippen LogP contribution in [0.15, 0.2) is 29.6 Å². The summed E-state index contributed by atoms with van der Waals surface area (Å²) in [6.07, 6.45) is 0.977. The van der Waals surface area contributed by atoms with Crippen LogP contribution >= 0.6 is 11.3 Å². The molecule has 0 radical (unpaired) electrons. The van der Waals surface area contributed by atoms with Crippen LogP contribution in [0.3, 0.4) is 0 Å². The second-order valence-electron chi connectivity index (χ2n) is 3.85. The summed E-state index contributed by atoms with van der Waals surface area (Å²) in [6.45, 7) is 2.64. The molecule has 2 aromatic heterocycles. The maximum absolute atomic E-state index is 11.9. The molecule has 0 unspecified atom stereocenters. The minimum atomic E-state index is -0.197. The minimum absolute atomic E-state index is 0.197. The quantitative estimate of drug-likeness (QED) is 0.886. The van der Waals surface area contributed by atoms with Crippen LogP contribution in [-0.2, 0) is 13.0 Å². The number of hydrogen-bond acceptors (Lipinski definition) is 4. The fraction of sp³-hybridized carbons (Fsp3) is 0.231. The molecule has 5 heteroatoms. The lowest BCUT2D eigenvalue weighted by molar-refractivity contribution is 0.0946. The Balaban J connectivity index is 2.00. The lowest BCUT2D eigenvalue weighted by Crippen LogP contribution is -2.24. The number of nitrogen functional groups attached to an aromatic ring is 1. The molecule has 0 saturated carbocycles. The van der Waals surface area contributed by atoms with Gasteiger partial charge in [-0.15, -0.1) is 11.3 Å². The maximum Gasteiger partial charge on any atom is 0.270 e. The van der Waals surface area contributed by atoms with E-state index in [0.29, 0.717) is 18.1 Å². The zero-order valence-electron chi connectivity index (χ0n) is 10.1. The van der Waals surface area contributed by atoms with Crippen LogP contribution < -0.4 is 11.1 Å². The summed E-state index contributed by atoms with van der Waals surface area (Å²) in [5.41, 5.74) is 7.17. The van der Waals surface area contributed by atoms with E-state index in [2.05, 4.69) is 23.3 Å². The summed E-state index contributed by atoms with van der Waals surface area (Å²) in [6, 6.07) is 7.12. The fourth-order valence-electron chi connectivity index (χ4n) is 1.67. The van der Waals surface area contributed by atoms with Crippen molar-refractivity contribution in [2.75, 3.05) is 5.73 Å². The van der Waals surface area contributed by atoms with Gasteiger partial charge in [-0.1, -0.05) is 13.0 Å². The van der Waals surface area contributed by atoms with Gasteiger partial charge in [0.25, 0.3) is 5.91 Å². The average Bonchev–Trinajstić information content (AvgIpc) is 2.83. The first-order valence-corrected chi connectivity index (χ1v) is 6.64. The number of amides is 1. The number of carbonyl (C=O) groups excluding carboxylic acids is 1. The molecule has 18 heavy (non-hydrogen) atoms. The molecule has 0 bridgehead atoms. The second-order valence-corrected chi connectivity index (χ2v) is 4.85. The molecule has 0 atom stereocenters.